The number of amides is 1. The normalized spacial score (nSPS) is 21.6. The van der Waals surface area contributed by atoms with E-state index in [0.717, 1.165) is 68.3 Å². The van der Waals surface area contributed by atoms with E-state index in [1.807, 2.05) is 11.2 Å². The van der Waals surface area contributed by atoms with Gasteiger partial charge in [-0.1, -0.05) is 12.8 Å². The zero-order valence-electron chi connectivity index (χ0n) is 25.5. The van der Waals surface area contributed by atoms with Crippen molar-refractivity contribution in [3.63, 3.8) is 0 Å². The molecule has 0 spiro atoms. The molecular formula is C31H44N8O4. The van der Waals surface area contributed by atoms with Gasteiger partial charge in [0.15, 0.2) is 28.5 Å². The van der Waals surface area contributed by atoms with Gasteiger partial charge in [-0.05, 0) is 63.5 Å². The number of nitrogens with one attached hydrogen (secondary N) is 2. The minimum atomic E-state index is -0.0591. The molecule has 6 rings (SSSR count). The van der Waals surface area contributed by atoms with Crippen LogP contribution in [0.1, 0.15) is 80.6 Å². The fourth-order valence-electron chi connectivity index (χ4n) is 6.78. The molecule has 0 atom stereocenters. The highest BCUT2D eigenvalue weighted by Crippen LogP contribution is 2.39. The maximum atomic E-state index is 13.5. The second kappa shape index (κ2) is 12.8. The Morgan fingerprint density at radius 3 is 2.14 bits per heavy atom. The zero-order valence-corrected chi connectivity index (χ0v) is 25.5. The molecule has 3 fully saturated rings. The van der Waals surface area contributed by atoms with Gasteiger partial charge in [0.1, 0.15) is 0 Å². The average molecular weight is 593 g/mol. The number of nitrogens with two attached hydrogens (primary N) is 1. The van der Waals surface area contributed by atoms with Crippen molar-refractivity contribution in [2.45, 2.75) is 88.4 Å². The van der Waals surface area contributed by atoms with Crippen molar-refractivity contribution in [1.82, 2.24) is 24.4 Å². The minimum absolute atomic E-state index is 0.0591. The van der Waals surface area contributed by atoms with Gasteiger partial charge in [0.25, 0.3) is 5.91 Å². The Hall–Kier alpha value is -3.80. The van der Waals surface area contributed by atoms with Gasteiger partial charge in [-0.2, -0.15) is 9.97 Å². The van der Waals surface area contributed by atoms with E-state index in [1.54, 1.807) is 33.5 Å². The van der Waals surface area contributed by atoms with Crippen LogP contribution in [-0.4, -0.2) is 82.9 Å². The van der Waals surface area contributed by atoms with Crippen LogP contribution in [0.2, 0.25) is 0 Å². The van der Waals surface area contributed by atoms with Crippen LogP contribution in [0.15, 0.2) is 18.5 Å². The highest BCUT2D eigenvalue weighted by molar-refractivity contribution is 5.95. The van der Waals surface area contributed by atoms with Gasteiger partial charge < -0.3 is 40.0 Å². The molecule has 1 amide bonds. The lowest BCUT2D eigenvalue weighted by Gasteiger charge is -2.33. The predicted octanol–water partition coefficient (Wildman–Crippen LogP) is 4.37. The SMILES string of the molecule is COc1cc(C(=O)N2CCC(Nc3nc(NC4CCC(N)CC4)nc4c3ncn4C3CCCC3)CC2)cc(OC)c1OC. The Bertz CT molecular complexity index is 1400. The quantitative estimate of drug-likeness (QED) is 0.328. The van der Waals surface area contributed by atoms with Gasteiger partial charge in [-0.15, -0.1) is 0 Å². The van der Waals surface area contributed by atoms with Crippen LogP contribution in [-0.2, 0) is 0 Å². The molecule has 3 aliphatic rings. The molecule has 2 aliphatic carbocycles. The van der Waals surface area contributed by atoms with E-state index in [-0.39, 0.29) is 18.0 Å². The van der Waals surface area contributed by atoms with Gasteiger partial charge in [0, 0.05) is 42.8 Å². The third-order valence-corrected chi connectivity index (χ3v) is 9.28. The largest absolute Gasteiger partial charge is 0.493 e. The van der Waals surface area contributed by atoms with Crippen LogP contribution in [0.4, 0.5) is 11.8 Å². The lowest BCUT2D eigenvalue weighted by molar-refractivity contribution is 0.0717. The van der Waals surface area contributed by atoms with Crippen LogP contribution in [0.3, 0.4) is 0 Å². The van der Waals surface area contributed by atoms with Crippen molar-refractivity contribution in [3.05, 3.63) is 24.0 Å². The van der Waals surface area contributed by atoms with E-state index in [1.165, 1.54) is 12.8 Å². The van der Waals surface area contributed by atoms with Crippen LogP contribution in [0, 0.1) is 0 Å². The Kier molecular flexibility index (Phi) is 8.73. The average Bonchev–Trinajstić information content (AvgIpc) is 3.72. The molecule has 1 saturated heterocycles. The summed E-state index contributed by atoms with van der Waals surface area (Å²) >= 11 is 0. The van der Waals surface area contributed by atoms with E-state index in [0.29, 0.717) is 53.9 Å². The lowest BCUT2D eigenvalue weighted by Crippen LogP contribution is -2.42. The molecule has 0 radical (unpaired) electrons. The monoisotopic (exact) mass is 592 g/mol. The first-order valence-corrected chi connectivity index (χ1v) is 15.6. The fraction of sp³-hybridized carbons (Fsp3) is 0.613. The first-order chi connectivity index (χ1) is 21.0. The van der Waals surface area contributed by atoms with Crippen molar-refractivity contribution in [2.24, 2.45) is 5.73 Å². The van der Waals surface area contributed by atoms with Crippen molar-refractivity contribution < 1.29 is 19.0 Å². The second-order valence-electron chi connectivity index (χ2n) is 12.0. The molecule has 232 valence electrons. The van der Waals surface area contributed by atoms with Gasteiger partial charge in [0.05, 0.1) is 27.7 Å². The number of imidazole rings is 1. The molecule has 2 aromatic heterocycles. The molecule has 12 heteroatoms. The Labute approximate surface area is 252 Å². The molecule has 43 heavy (non-hydrogen) atoms. The van der Waals surface area contributed by atoms with Gasteiger partial charge in [-0.3, -0.25) is 4.79 Å². The molecule has 12 nitrogen and oxygen atoms in total. The summed E-state index contributed by atoms with van der Waals surface area (Å²) in [5, 5.41) is 7.29. The van der Waals surface area contributed by atoms with E-state index in [2.05, 4.69) is 15.2 Å². The van der Waals surface area contributed by atoms with E-state index < -0.39 is 0 Å². The molecule has 3 heterocycles. The predicted molar refractivity (Wildman–Crippen MR) is 165 cm³/mol. The van der Waals surface area contributed by atoms with Crippen LogP contribution >= 0.6 is 0 Å². The number of methoxy groups -OCH3 is 3. The molecule has 0 bridgehead atoms. The number of carbonyl (C=O) groups excluding carboxylic acids is 1. The number of likely N-dealkylation sites (tertiary alicyclic amines) is 1. The Morgan fingerprint density at radius 2 is 1.51 bits per heavy atom. The van der Waals surface area contributed by atoms with Crippen molar-refractivity contribution in [1.29, 1.82) is 0 Å². The molecule has 2 saturated carbocycles. The molecule has 3 aromatic rings. The maximum Gasteiger partial charge on any atom is 0.254 e. The second-order valence-corrected chi connectivity index (χ2v) is 12.0. The first kappa shape index (κ1) is 29.3. The number of benzene rings is 1. The molecule has 1 aliphatic heterocycles. The minimum Gasteiger partial charge on any atom is -0.493 e. The van der Waals surface area contributed by atoms with E-state index >= 15 is 0 Å². The van der Waals surface area contributed by atoms with Gasteiger partial charge >= 0.3 is 0 Å². The summed E-state index contributed by atoms with van der Waals surface area (Å²) < 4.78 is 18.6. The van der Waals surface area contributed by atoms with Crippen molar-refractivity contribution in [2.75, 3.05) is 45.1 Å². The van der Waals surface area contributed by atoms with E-state index in [9.17, 15) is 4.79 Å². The number of hydrogen-bond acceptors (Lipinski definition) is 10. The first-order valence-electron chi connectivity index (χ1n) is 15.6. The van der Waals surface area contributed by atoms with Crippen molar-refractivity contribution in [3.8, 4) is 17.2 Å². The Morgan fingerprint density at radius 1 is 0.860 bits per heavy atom. The van der Waals surface area contributed by atoms with E-state index in [4.69, 9.17) is 34.9 Å². The summed E-state index contributed by atoms with van der Waals surface area (Å²) in [7, 11) is 4.65. The number of rotatable bonds is 9. The number of fused-ring (bicyclic) bond motifs is 1. The number of anilines is 2. The summed E-state index contributed by atoms with van der Waals surface area (Å²) in [6, 6.07) is 4.60. The number of nitrogens with zero attached hydrogens (tertiary/aromatic N) is 5. The summed E-state index contributed by atoms with van der Waals surface area (Å²) in [5.41, 5.74) is 8.34. The third-order valence-electron chi connectivity index (χ3n) is 9.28. The number of aromatic nitrogens is 4. The molecular weight excluding hydrogens is 548 g/mol. The summed E-state index contributed by atoms with van der Waals surface area (Å²) in [5.74, 6) is 2.74. The highest BCUT2D eigenvalue weighted by Gasteiger charge is 2.28. The Balaban J connectivity index is 1.18. The van der Waals surface area contributed by atoms with Gasteiger partial charge in [-0.25, -0.2) is 4.98 Å². The fourth-order valence-corrected chi connectivity index (χ4v) is 6.78. The highest BCUT2D eigenvalue weighted by atomic mass is 16.5. The summed E-state index contributed by atoms with van der Waals surface area (Å²) in [6.07, 6.45) is 12.3. The number of ether oxygens (including phenoxy) is 3. The van der Waals surface area contributed by atoms with Crippen LogP contribution in [0.25, 0.3) is 11.2 Å². The van der Waals surface area contributed by atoms with Crippen LogP contribution in [0.5, 0.6) is 17.2 Å². The van der Waals surface area contributed by atoms with Crippen LogP contribution < -0.4 is 30.6 Å². The standard InChI is InChI=1S/C31H44N8O4/c1-41-24-16-19(17-25(42-2)27(24)43-3)30(40)38-14-12-22(13-15-38)34-28-26-29(39(18-33-26)23-6-4-5-7-23)37-31(36-28)35-21-10-8-20(32)9-11-21/h16-18,20-23H,4-15,32H2,1-3H3,(H2,34,35,36,37). The molecule has 4 N–H and O–H groups in total. The van der Waals surface area contributed by atoms with Crippen molar-refractivity contribution >= 4 is 28.8 Å². The number of hydrogen-bond donors (Lipinski definition) is 3. The smallest absolute Gasteiger partial charge is 0.254 e. The lowest BCUT2D eigenvalue weighted by atomic mass is 9.92. The third kappa shape index (κ3) is 6.15. The number of piperidine rings is 1. The number of carbonyl (C=O) groups is 1. The van der Waals surface area contributed by atoms with Gasteiger partial charge in [0.2, 0.25) is 11.7 Å². The summed E-state index contributed by atoms with van der Waals surface area (Å²) in [6.45, 7) is 1.23. The molecule has 1 aromatic carbocycles. The maximum absolute atomic E-state index is 13.5. The zero-order chi connectivity index (χ0) is 29.9. The molecule has 0 unspecified atom stereocenters. The topological polar surface area (TPSA) is 142 Å². The summed E-state index contributed by atoms with van der Waals surface area (Å²) in [4.78, 5) is 30.1.